The van der Waals surface area contributed by atoms with E-state index in [1.165, 1.54) is 27.8 Å². The molecular weight excluding hydrogens is 536 g/mol. The first-order valence-corrected chi connectivity index (χ1v) is 15.5. The second kappa shape index (κ2) is 14.2. The molecule has 0 aliphatic heterocycles. The summed E-state index contributed by atoms with van der Waals surface area (Å²) in [4.78, 5) is 0. The van der Waals surface area contributed by atoms with Crippen LogP contribution in [0, 0.1) is 34.0 Å². The maximum Gasteiger partial charge on any atom is 0.135 e. The average molecular weight is 577 g/mol. The Morgan fingerprint density at radius 3 is 1.91 bits per heavy atom. The highest BCUT2D eigenvalue weighted by Gasteiger charge is 2.52. The van der Waals surface area contributed by atoms with E-state index in [1.807, 2.05) is 6.07 Å². The Morgan fingerprint density at radius 2 is 1.34 bits per heavy atom. The molecule has 0 spiro atoms. The van der Waals surface area contributed by atoms with Gasteiger partial charge in [0.1, 0.15) is 12.2 Å². The third-order valence-corrected chi connectivity index (χ3v) is 8.60. The molecule has 4 aromatic carbocycles. The molecule has 0 heterocycles. The highest BCUT2D eigenvalue weighted by atomic mass is 16.5. The summed E-state index contributed by atoms with van der Waals surface area (Å²) in [6.45, 7) is 4.48. The Bertz CT molecular complexity index is 1630. The standard InChI is InChI=1S/C41H40N2O/c1-32(2)27-37-28-33(17-12-24-42)20-21-39(37)36-22-23-41(44-26-25-43,38-18-10-5-11-19-38)40(31-36,29-34-13-6-3-7-14-34)30-35-15-8-4-9-16-35/h3-11,13-16,18-23,28,31-32H,12,17,26-27,29-30H2,1-2H3. The number of nitrogens with zero attached hydrogens (tertiary/aromatic N) is 2. The van der Waals surface area contributed by atoms with Crippen molar-refractivity contribution in [2.75, 3.05) is 6.61 Å². The molecule has 4 aromatic rings. The number of rotatable bonds is 12. The zero-order valence-corrected chi connectivity index (χ0v) is 25.7. The Labute approximate surface area is 262 Å². The molecule has 0 bridgehead atoms. The van der Waals surface area contributed by atoms with Gasteiger partial charge in [0.2, 0.25) is 0 Å². The molecule has 1 aliphatic rings. The van der Waals surface area contributed by atoms with Crippen LogP contribution in [0.4, 0.5) is 0 Å². The molecular formula is C41H40N2O. The van der Waals surface area contributed by atoms with Crippen LogP contribution in [-0.4, -0.2) is 6.61 Å². The summed E-state index contributed by atoms with van der Waals surface area (Å²) in [6, 6.07) is 42.9. The van der Waals surface area contributed by atoms with Gasteiger partial charge in [-0.3, -0.25) is 0 Å². The number of allylic oxidation sites excluding steroid dienone is 2. The van der Waals surface area contributed by atoms with Gasteiger partial charge in [0.25, 0.3) is 0 Å². The van der Waals surface area contributed by atoms with Crippen LogP contribution in [0.3, 0.4) is 0 Å². The Morgan fingerprint density at radius 1 is 0.727 bits per heavy atom. The molecule has 44 heavy (non-hydrogen) atoms. The average Bonchev–Trinajstić information content (AvgIpc) is 3.04. The van der Waals surface area contributed by atoms with Crippen molar-refractivity contribution < 1.29 is 4.74 Å². The molecule has 0 N–H and O–H groups in total. The van der Waals surface area contributed by atoms with Crippen molar-refractivity contribution in [1.29, 1.82) is 10.5 Å². The first-order valence-electron chi connectivity index (χ1n) is 15.5. The number of nitriles is 2. The van der Waals surface area contributed by atoms with Gasteiger partial charge < -0.3 is 4.74 Å². The molecule has 3 heteroatoms. The predicted octanol–water partition coefficient (Wildman–Crippen LogP) is 9.20. The van der Waals surface area contributed by atoms with Gasteiger partial charge in [-0.2, -0.15) is 10.5 Å². The molecule has 1 aliphatic carbocycles. The SMILES string of the molecule is CC(C)Cc1cc(CCC#N)ccc1C1=CC(Cc2ccccc2)(Cc2ccccc2)C(OCC#N)(c2ccccc2)C=C1. The summed E-state index contributed by atoms with van der Waals surface area (Å²) in [5.41, 5.74) is 6.87. The molecule has 1 unspecified atom stereocenters. The Balaban J connectivity index is 1.77. The van der Waals surface area contributed by atoms with E-state index in [0.29, 0.717) is 12.3 Å². The maximum absolute atomic E-state index is 9.81. The summed E-state index contributed by atoms with van der Waals surface area (Å²) in [6.07, 6.45) is 10.5. The monoisotopic (exact) mass is 576 g/mol. The first-order chi connectivity index (χ1) is 21.5. The van der Waals surface area contributed by atoms with Crippen molar-refractivity contribution >= 4 is 5.57 Å². The van der Waals surface area contributed by atoms with E-state index in [4.69, 9.17) is 4.74 Å². The highest BCUT2D eigenvalue weighted by Crippen LogP contribution is 2.54. The molecule has 0 saturated carbocycles. The smallest absolute Gasteiger partial charge is 0.135 e. The van der Waals surface area contributed by atoms with Gasteiger partial charge in [0.15, 0.2) is 0 Å². The second-order valence-corrected chi connectivity index (χ2v) is 12.2. The Kier molecular flexibility index (Phi) is 9.91. The highest BCUT2D eigenvalue weighted by molar-refractivity contribution is 5.79. The van der Waals surface area contributed by atoms with E-state index in [-0.39, 0.29) is 6.61 Å². The molecule has 0 aromatic heterocycles. The molecule has 5 rings (SSSR count). The number of ether oxygens (including phenoxy) is 1. The van der Waals surface area contributed by atoms with Crippen LogP contribution in [0.5, 0.6) is 0 Å². The van der Waals surface area contributed by atoms with Crippen molar-refractivity contribution in [3.63, 3.8) is 0 Å². The van der Waals surface area contributed by atoms with Crippen LogP contribution in [0.25, 0.3) is 5.57 Å². The van der Waals surface area contributed by atoms with Crippen molar-refractivity contribution in [2.45, 2.75) is 51.6 Å². The van der Waals surface area contributed by atoms with Crippen LogP contribution in [-0.2, 0) is 36.0 Å². The normalized spacial score (nSPS) is 17.1. The predicted molar refractivity (Wildman–Crippen MR) is 178 cm³/mol. The molecule has 0 fully saturated rings. The molecule has 0 radical (unpaired) electrons. The van der Waals surface area contributed by atoms with E-state index in [2.05, 4.69) is 147 Å². The molecule has 3 nitrogen and oxygen atoms in total. The third kappa shape index (κ3) is 6.75. The van der Waals surface area contributed by atoms with Gasteiger partial charge in [0.05, 0.1) is 12.1 Å². The van der Waals surface area contributed by atoms with Crippen LogP contribution in [0.15, 0.2) is 127 Å². The summed E-state index contributed by atoms with van der Waals surface area (Å²) >= 11 is 0. The van der Waals surface area contributed by atoms with Crippen molar-refractivity contribution in [2.24, 2.45) is 11.3 Å². The lowest BCUT2D eigenvalue weighted by Crippen LogP contribution is -2.50. The summed E-state index contributed by atoms with van der Waals surface area (Å²) < 4.78 is 6.79. The van der Waals surface area contributed by atoms with Gasteiger partial charge >= 0.3 is 0 Å². The Hall–Kier alpha value is -4.70. The third-order valence-electron chi connectivity index (χ3n) is 8.60. The van der Waals surface area contributed by atoms with Gasteiger partial charge in [-0.1, -0.05) is 135 Å². The van der Waals surface area contributed by atoms with E-state index >= 15 is 0 Å². The minimum Gasteiger partial charge on any atom is -0.350 e. The maximum atomic E-state index is 9.81. The lowest BCUT2D eigenvalue weighted by atomic mass is 9.59. The zero-order chi connectivity index (χ0) is 30.8. The molecule has 0 amide bonds. The van der Waals surface area contributed by atoms with Crippen molar-refractivity contribution in [3.8, 4) is 12.1 Å². The van der Waals surface area contributed by atoms with Crippen molar-refractivity contribution in [1.82, 2.24) is 0 Å². The number of hydrogen-bond donors (Lipinski definition) is 0. The van der Waals surface area contributed by atoms with E-state index in [0.717, 1.165) is 36.8 Å². The number of benzene rings is 4. The van der Waals surface area contributed by atoms with E-state index in [1.54, 1.807) is 0 Å². The van der Waals surface area contributed by atoms with Gasteiger partial charge in [-0.25, -0.2) is 0 Å². The lowest BCUT2D eigenvalue weighted by Gasteiger charge is -2.50. The van der Waals surface area contributed by atoms with Crippen LogP contribution in [0.2, 0.25) is 0 Å². The zero-order valence-electron chi connectivity index (χ0n) is 25.7. The van der Waals surface area contributed by atoms with Crippen molar-refractivity contribution in [3.05, 3.63) is 161 Å². The fourth-order valence-electron chi connectivity index (χ4n) is 6.72. The van der Waals surface area contributed by atoms with E-state index < -0.39 is 11.0 Å². The quantitative estimate of drug-likeness (QED) is 0.169. The van der Waals surface area contributed by atoms with E-state index in [9.17, 15) is 10.5 Å². The fourth-order valence-corrected chi connectivity index (χ4v) is 6.72. The second-order valence-electron chi connectivity index (χ2n) is 12.2. The number of hydrogen-bond acceptors (Lipinski definition) is 3. The minimum absolute atomic E-state index is 0.0279. The fraction of sp³-hybridized carbons (Fsp3) is 0.268. The van der Waals surface area contributed by atoms with Crippen LogP contribution in [0.1, 0.15) is 53.6 Å². The topological polar surface area (TPSA) is 56.8 Å². The van der Waals surface area contributed by atoms with Gasteiger partial charge in [-0.05, 0) is 76.6 Å². The molecule has 1 atom stereocenters. The summed E-state index contributed by atoms with van der Waals surface area (Å²) in [5.74, 6) is 0.480. The lowest BCUT2D eigenvalue weighted by molar-refractivity contribution is -0.0768. The molecule has 0 saturated heterocycles. The minimum atomic E-state index is -0.885. The van der Waals surface area contributed by atoms with Crippen LogP contribution >= 0.6 is 0 Å². The first kappa shape index (κ1) is 30.7. The summed E-state index contributed by atoms with van der Waals surface area (Å²) in [7, 11) is 0. The van der Waals surface area contributed by atoms with Gasteiger partial charge in [-0.15, -0.1) is 0 Å². The van der Waals surface area contributed by atoms with Crippen LogP contribution < -0.4 is 0 Å². The number of aryl methyl sites for hydroxylation is 1. The largest absolute Gasteiger partial charge is 0.350 e. The molecule has 220 valence electrons. The van der Waals surface area contributed by atoms with Gasteiger partial charge in [0, 0.05) is 11.8 Å². The summed E-state index contributed by atoms with van der Waals surface area (Å²) in [5, 5.41) is 19.0.